The van der Waals surface area contributed by atoms with Crippen LogP contribution in [-0.2, 0) is 23.1 Å². The summed E-state index contributed by atoms with van der Waals surface area (Å²) in [4.78, 5) is 38.9. The third-order valence-corrected chi connectivity index (χ3v) is 8.22. The second-order valence-corrected chi connectivity index (χ2v) is 11.7. The molecule has 7 N–H and O–H groups in total. The number of carbonyl (C=O) groups excluding carboxylic acids is 1. The molecular weight excluding hydrogens is 671 g/mol. The number of aromatic nitrogens is 1. The second kappa shape index (κ2) is 15.5. The van der Waals surface area contributed by atoms with Crippen molar-refractivity contribution >= 4 is 22.8 Å². The standard InChI is InChI=1S/C37H34F3N3O8/c38-37(39,40)29-18-22(10-11-23(29)20-41-21-31(45)27-12-14-30(44)33-28(27)13-15-32(46)43-33)34(47)42-16-5-17-51-26-9-4-8-25(19-26)36(50,35(48)49)24-6-2-1-3-7-24/h1-4,6-15,18-19,31,41,44-45,50H,5,16-17,20-21H2,(H,42,47)(H,43,46)(H,48,49)/t31-,36-/m0/s1. The van der Waals surface area contributed by atoms with Gasteiger partial charge in [0.2, 0.25) is 11.2 Å². The van der Waals surface area contributed by atoms with Crippen molar-refractivity contribution in [3.63, 3.8) is 0 Å². The van der Waals surface area contributed by atoms with Crippen LogP contribution >= 0.6 is 0 Å². The average Bonchev–Trinajstić information content (AvgIpc) is 3.11. The topological polar surface area (TPSA) is 181 Å². The number of carboxylic acids is 1. The number of amides is 1. The minimum atomic E-state index is -4.78. The molecule has 5 rings (SSSR count). The van der Waals surface area contributed by atoms with Crippen LogP contribution in [0.1, 0.15) is 50.7 Å². The van der Waals surface area contributed by atoms with Gasteiger partial charge in [-0.15, -0.1) is 0 Å². The van der Waals surface area contributed by atoms with Crippen LogP contribution in [-0.4, -0.2) is 57.0 Å². The number of rotatable bonds is 14. The molecule has 1 heterocycles. The number of hydrogen-bond acceptors (Lipinski definition) is 8. The van der Waals surface area contributed by atoms with Crippen molar-refractivity contribution in [3.05, 3.63) is 141 Å². The molecule has 51 heavy (non-hydrogen) atoms. The summed E-state index contributed by atoms with van der Waals surface area (Å²) in [7, 11) is 0. The number of carbonyl (C=O) groups is 2. The van der Waals surface area contributed by atoms with Crippen molar-refractivity contribution in [2.45, 2.75) is 30.8 Å². The van der Waals surface area contributed by atoms with E-state index in [1.165, 1.54) is 66.7 Å². The molecule has 0 spiro atoms. The molecular formula is C37H34F3N3O8. The number of hydrogen-bond donors (Lipinski definition) is 7. The summed E-state index contributed by atoms with van der Waals surface area (Å²) in [6.07, 6.45) is -5.70. The van der Waals surface area contributed by atoms with Crippen molar-refractivity contribution < 1.29 is 47.9 Å². The number of aromatic hydroxyl groups is 1. The first-order chi connectivity index (χ1) is 24.3. The van der Waals surface area contributed by atoms with Crippen molar-refractivity contribution in [1.82, 2.24) is 15.6 Å². The van der Waals surface area contributed by atoms with E-state index in [1.807, 2.05) is 0 Å². The lowest BCUT2D eigenvalue weighted by atomic mass is 9.86. The Morgan fingerprint density at radius 1 is 0.902 bits per heavy atom. The Balaban J connectivity index is 1.15. The first-order valence-corrected chi connectivity index (χ1v) is 15.8. The Labute approximate surface area is 289 Å². The van der Waals surface area contributed by atoms with E-state index >= 15 is 0 Å². The van der Waals surface area contributed by atoms with E-state index in [4.69, 9.17) is 4.74 Å². The molecule has 0 aliphatic rings. The summed E-state index contributed by atoms with van der Waals surface area (Å²) in [5, 5.41) is 47.4. The number of phenolic OH excluding ortho intramolecular Hbond substituents is 1. The highest BCUT2D eigenvalue weighted by molar-refractivity contribution is 5.94. The van der Waals surface area contributed by atoms with Gasteiger partial charge in [0.05, 0.1) is 23.8 Å². The van der Waals surface area contributed by atoms with Crippen LogP contribution in [0, 0.1) is 0 Å². The van der Waals surface area contributed by atoms with Gasteiger partial charge in [0.15, 0.2) is 0 Å². The maximum Gasteiger partial charge on any atom is 0.416 e. The van der Waals surface area contributed by atoms with Crippen LogP contribution in [0.5, 0.6) is 11.5 Å². The predicted molar refractivity (Wildman–Crippen MR) is 180 cm³/mol. The predicted octanol–water partition coefficient (Wildman–Crippen LogP) is 4.60. The molecule has 2 atom stereocenters. The first-order valence-electron chi connectivity index (χ1n) is 15.8. The van der Waals surface area contributed by atoms with Gasteiger partial charge in [-0.1, -0.05) is 54.6 Å². The van der Waals surface area contributed by atoms with Gasteiger partial charge in [-0.05, 0) is 59.5 Å². The summed E-state index contributed by atoms with van der Waals surface area (Å²) < 4.78 is 47.7. The van der Waals surface area contributed by atoms with E-state index in [0.717, 1.165) is 6.07 Å². The number of H-pyrrole nitrogens is 1. The Morgan fingerprint density at radius 3 is 2.37 bits per heavy atom. The van der Waals surface area contributed by atoms with Crippen LogP contribution in [0.15, 0.2) is 102 Å². The number of halogens is 3. The molecule has 14 heteroatoms. The first kappa shape index (κ1) is 36.6. The zero-order chi connectivity index (χ0) is 36.8. The van der Waals surface area contributed by atoms with Crippen LogP contribution in [0.25, 0.3) is 10.9 Å². The third-order valence-electron chi connectivity index (χ3n) is 8.22. The van der Waals surface area contributed by atoms with Crippen molar-refractivity contribution in [1.29, 1.82) is 0 Å². The molecule has 1 aromatic heterocycles. The molecule has 0 saturated carbocycles. The third kappa shape index (κ3) is 8.37. The summed E-state index contributed by atoms with van der Waals surface area (Å²) in [5.41, 5.74) is -3.44. The Morgan fingerprint density at radius 2 is 1.65 bits per heavy atom. The summed E-state index contributed by atoms with van der Waals surface area (Å²) >= 11 is 0. The average molecular weight is 706 g/mol. The molecule has 266 valence electrons. The number of carboxylic acid groups (broad SMARTS) is 1. The molecule has 1 amide bonds. The lowest BCUT2D eigenvalue weighted by Crippen LogP contribution is -2.36. The van der Waals surface area contributed by atoms with Gasteiger partial charge in [0.1, 0.15) is 11.5 Å². The van der Waals surface area contributed by atoms with Crippen molar-refractivity contribution in [2.75, 3.05) is 19.7 Å². The molecule has 0 fully saturated rings. The molecule has 5 aromatic rings. The number of benzene rings is 4. The molecule has 11 nitrogen and oxygen atoms in total. The lowest BCUT2D eigenvalue weighted by Gasteiger charge is -2.25. The molecule has 0 aliphatic heterocycles. The van der Waals surface area contributed by atoms with Gasteiger partial charge in [0, 0.05) is 42.2 Å². The van der Waals surface area contributed by atoms with E-state index in [2.05, 4.69) is 15.6 Å². The fraction of sp³-hybridized carbons (Fsp3) is 0.216. The number of phenols is 1. The maximum absolute atomic E-state index is 14.0. The summed E-state index contributed by atoms with van der Waals surface area (Å²) in [6.45, 7) is -0.306. The largest absolute Gasteiger partial charge is 0.506 e. The number of fused-ring (bicyclic) bond motifs is 1. The molecule has 0 unspecified atom stereocenters. The Hall–Kier alpha value is -5.70. The fourth-order valence-corrected chi connectivity index (χ4v) is 5.61. The highest BCUT2D eigenvalue weighted by Crippen LogP contribution is 2.34. The molecule has 0 bridgehead atoms. The minimum Gasteiger partial charge on any atom is -0.506 e. The van der Waals surface area contributed by atoms with E-state index in [-0.39, 0.29) is 71.9 Å². The van der Waals surface area contributed by atoms with Crippen molar-refractivity contribution in [3.8, 4) is 11.5 Å². The number of aliphatic carboxylic acids is 1. The van der Waals surface area contributed by atoms with Crippen LogP contribution in [0.2, 0.25) is 0 Å². The van der Waals surface area contributed by atoms with Crippen molar-refractivity contribution in [2.24, 2.45) is 0 Å². The van der Waals surface area contributed by atoms with E-state index < -0.39 is 40.9 Å². The quantitative estimate of drug-likeness (QED) is 0.0813. The Kier molecular flexibility index (Phi) is 11.1. The highest BCUT2D eigenvalue weighted by Gasteiger charge is 2.40. The fourth-order valence-electron chi connectivity index (χ4n) is 5.61. The lowest BCUT2D eigenvalue weighted by molar-refractivity contribution is -0.155. The maximum atomic E-state index is 14.0. The molecule has 0 aliphatic carbocycles. The number of nitrogens with one attached hydrogen (secondary N) is 3. The van der Waals surface area contributed by atoms with Gasteiger partial charge in [-0.25, -0.2) is 4.79 Å². The SMILES string of the molecule is O=C(NCCCOc1cccc([C@](O)(C(=O)O)c2ccccc2)c1)c1ccc(CNC[C@H](O)c2ccc(O)c3[nH]c(=O)ccc23)c(C(F)(F)F)c1. The van der Waals surface area contributed by atoms with E-state index in [9.17, 15) is 48.0 Å². The highest BCUT2D eigenvalue weighted by atomic mass is 19.4. The smallest absolute Gasteiger partial charge is 0.416 e. The van der Waals surface area contributed by atoms with Gasteiger partial charge < -0.3 is 40.8 Å². The zero-order valence-electron chi connectivity index (χ0n) is 26.9. The number of pyridine rings is 1. The van der Waals surface area contributed by atoms with Crippen LogP contribution in [0.3, 0.4) is 0 Å². The van der Waals surface area contributed by atoms with Gasteiger partial charge in [-0.3, -0.25) is 9.59 Å². The zero-order valence-corrected chi connectivity index (χ0v) is 26.9. The summed E-state index contributed by atoms with van der Waals surface area (Å²) in [5.74, 6) is -2.12. The molecule has 0 saturated heterocycles. The minimum absolute atomic E-state index is 0.0595. The Bertz CT molecular complexity index is 2090. The van der Waals surface area contributed by atoms with Crippen LogP contribution in [0.4, 0.5) is 13.2 Å². The number of alkyl halides is 3. The number of aromatic amines is 1. The number of aliphatic hydroxyl groups excluding tert-OH is 1. The van der Waals surface area contributed by atoms with Crippen LogP contribution < -0.4 is 20.9 Å². The normalized spacial score (nSPS) is 13.4. The molecule has 0 radical (unpaired) electrons. The second-order valence-electron chi connectivity index (χ2n) is 11.7. The molecule has 4 aromatic carbocycles. The summed E-state index contributed by atoms with van der Waals surface area (Å²) in [6, 6.07) is 22.5. The van der Waals surface area contributed by atoms with Gasteiger partial charge in [-0.2, -0.15) is 13.2 Å². The van der Waals surface area contributed by atoms with E-state index in [0.29, 0.717) is 10.9 Å². The van der Waals surface area contributed by atoms with Gasteiger partial charge >= 0.3 is 12.1 Å². The van der Waals surface area contributed by atoms with Gasteiger partial charge in [0.25, 0.3) is 5.91 Å². The van der Waals surface area contributed by atoms with E-state index in [1.54, 1.807) is 24.3 Å². The number of ether oxygens (including phenoxy) is 1. The monoisotopic (exact) mass is 705 g/mol. The number of aliphatic hydroxyl groups is 2.